The average Bonchev–Trinajstić information content (AvgIpc) is 2.43. The van der Waals surface area contributed by atoms with Crippen LogP contribution in [0, 0.1) is 23.1 Å². The van der Waals surface area contributed by atoms with Crippen LogP contribution >= 0.6 is 0 Å². The molecule has 0 aromatic heterocycles. The summed E-state index contributed by atoms with van der Waals surface area (Å²) < 4.78 is 26.4. The number of hydrogen-bond donors (Lipinski definition) is 2. The van der Waals surface area contributed by atoms with Gasteiger partial charge < -0.3 is 10.4 Å². The topological polar surface area (TPSA) is 66.4 Å². The molecule has 25 heavy (non-hydrogen) atoms. The van der Waals surface area contributed by atoms with E-state index in [-0.39, 0.29) is 17.0 Å². The Morgan fingerprint density at radius 1 is 1.20 bits per heavy atom. The lowest BCUT2D eigenvalue weighted by Crippen LogP contribution is -2.41. The Labute approximate surface area is 147 Å². The van der Waals surface area contributed by atoms with Crippen molar-refractivity contribution < 1.29 is 23.5 Å². The fourth-order valence-corrected chi connectivity index (χ4v) is 2.61. The smallest absolute Gasteiger partial charge is 0.327 e. The first-order valence-electron chi connectivity index (χ1n) is 7.83. The number of carbonyl (C=O) groups excluding carboxylic acids is 1. The molecule has 0 aliphatic heterocycles. The van der Waals surface area contributed by atoms with Crippen LogP contribution in [0.3, 0.4) is 0 Å². The van der Waals surface area contributed by atoms with Gasteiger partial charge in [-0.1, -0.05) is 33.9 Å². The van der Waals surface area contributed by atoms with Gasteiger partial charge in [0, 0.05) is 18.1 Å². The number of halogens is 2. The second-order valence-electron chi connectivity index (χ2n) is 7.40. The second-order valence-corrected chi connectivity index (χ2v) is 12.4. The first-order chi connectivity index (χ1) is 11.3. The molecule has 4 nitrogen and oxygen atoms in total. The number of amides is 1. The van der Waals surface area contributed by atoms with E-state index in [9.17, 15) is 23.5 Å². The summed E-state index contributed by atoms with van der Waals surface area (Å²) in [6.45, 7) is 10.4. The SMILES string of the molecule is CC(C)(C)[Si](C)(C)C#CC[C@@H](NC(=O)c1cc(F)cc(F)c1)C(=O)O. The van der Waals surface area contributed by atoms with Crippen LogP contribution < -0.4 is 5.32 Å². The largest absolute Gasteiger partial charge is 0.480 e. The van der Waals surface area contributed by atoms with Crippen LogP contribution in [0.15, 0.2) is 18.2 Å². The molecule has 0 aliphatic carbocycles. The molecule has 1 aromatic carbocycles. The van der Waals surface area contributed by atoms with Crippen molar-refractivity contribution in [2.24, 2.45) is 0 Å². The number of aliphatic carboxylic acids is 1. The van der Waals surface area contributed by atoms with Gasteiger partial charge in [0.15, 0.2) is 0 Å². The van der Waals surface area contributed by atoms with Crippen molar-refractivity contribution >= 4 is 20.0 Å². The summed E-state index contributed by atoms with van der Waals surface area (Å²) in [5.41, 5.74) is 2.89. The lowest BCUT2D eigenvalue weighted by molar-refractivity contribution is -0.139. The van der Waals surface area contributed by atoms with Gasteiger partial charge in [0.05, 0.1) is 0 Å². The first kappa shape index (κ1) is 20.8. The Hall–Kier alpha value is -2.20. The van der Waals surface area contributed by atoms with E-state index >= 15 is 0 Å². The van der Waals surface area contributed by atoms with Gasteiger partial charge in [-0.3, -0.25) is 4.79 Å². The normalized spacial score (nSPS) is 12.8. The molecule has 0 saturated heterocycles. The van der Waals surface area contributed by atoms with Crippen LogP contribution in [0.25, 0.3) is 0 Å². The third-order valence-corrected chi connectivity index (χ3v) is 8.86. The van der Waals surface area contributed by atoms with Crippen LogP contribution in [-0.4, -0.2) is 31.1 Å². The third-order valence-electron chi connectivity index (χ3n) is 4.31. The Morgan fingerprint density at radius 2 is 1.72 bits per heavy atom. The van der Waals surface area contributed by atoms with Crippen molar-refractivity contribution in [2.75, 3.05) is 0 Å². The van der Waals surface area contributed by atoms with E-state index < -0.39 is 37.6 Å². The molecule has 1 aromatic rings. The van der Waals surface area contributed by atoms with E-state index in [2.05, 4.69) is 50.6 Å². The predicted octanol–water partition coefficient (Wildman–Crippen LogP) is 3.59. The minimum absolute atomic E-state index is 0.0288. The van der Waals surface area contributed by atoms with E-state index in [1.807, 2.05) is 0 Å². The van der Waals surface area contributed by atoms with Crippen molar-refractivity contribution in [1.82, 2.24) is 5.32 Å². The van der Waals surface area contributed by atoms with E-state index in [0.717, 1.165) is 12.1 Å². The second kappa shape index (κ2) is 7.79. The minimum Gasteiger partial charge on any atom is -0.480 e. The highest BCUT2D eigenvalue weighted by atomic mass is 28.3. The van der Waals surface area contributed by atoms with Gasteiger partial charge in [-0.2, -0.15) is 0 Å². The molecule has 0 spiro atoms. The maximum atomic E-state index is 13.2. The molecule has 1 rings (SSSR count). The number of benzene rings is 1. The molecule has 0 aliphatic rings. The molecule has 0 fully saturated rings. The zero-order chi connectivity index (χ0) is 19.4. The molecular weight excluding hydrogens is 344 g/mol. The molecule has 7 heteroatoms. The van der Waals surface area contributed by atoms with Crippen molar-refractivity contribution in [3.8, 4) is 11.5 Å². The first-order valence-corrected chi connectivity index (χ1v) is 10.8. The summed E-state index contributed by atoms with van der Waals surface area (Å²) in [4.78, 5) is 23.4. The molecule has 0 bridgehead atoms. The van der Waals surface area contributed by atoms with Gasteiger partial charge in [0.2, 0.25) is 0 Å². The molecule has 136 valence electrons. The van der Waals surface area contributed by atoms with E-state index in [1.54, 1.807) is 0 Å². The minimum atomic E-state index is -1.89. The zero-order valence-corrected chi connectivity index (χ0v) is 16.0. The summed E-state index contributed by atoms with van der Waals surface area (Å²) in [5.74, 6) is -1.07. The summed E-state index contributed by atoms with van der Waals surface area (Å²) in [6, 6.07) is 1.07. The Kier molecular flexibility index (Phi) is 6.49. The van der Waals surface area contributed by atoms with Crippen LogP contribution in [0.2, 0.25) is 18.1 Å². The Bertz CT molecular complexity index is 710. The molecule has 0 radical (unpaired) electrons. The molecule has 1 atom stereocenters. The van der Waals surface area contributed by atoms with E-state index in [0.29, 0.717) is 6.07 Å². The van der Waals surface area contributed by atoms with Crippen LogP contribution in [0.4, 0.5) is 8.78 Å². The van der Waals surface area contributed by atoms with Gasteiger partial charge in [0.1, 0.15) is 25.8 Å². The van der Waals surface area contributed by atoms with Crippen molar-refractivity contribution in [3.05, 3.63) is 35.4 Å². The van der Waals surface area contributed by atoms with E-state index in [1.165, 1.54) is 0 Å². The summed E-state index contributed by atoms with van der Waals surface area (Å²) in [7, 11) is -1.89. The number of rotatable bonds is 4. The monoisotopic (exact) mass is 367 g/mol. The fraction of sp³-hybridized carbons (Fsp3) is 0.444. The molecule has 1 amide bonds. The van der Waals surface area contributed by atoms with Crippen molar-refractivity contribution in [1.29, 1.82) is 0 Å². The third kappa shape index (κ3) is 5.98. The van der Waals surface area contributed by atoms with Crippen molar-refractivity contribution in [3.63, 3.8) is 0 Å². The highest BCUT2D eigenvalue weighted by molar-refractivity contribution is 6.87. The maximum Gasteiger partial charge on any atom is 0.327 e. The average molecular weight is 367 g/mol. The van der Waals surface area contributed by atoms with Crippen LogP contribution in [0.1, 0.15) is 37.6 Å². The Morgan fingerprint density at radius 3 is 2.16 bits per heavy atom. The summed E-state index contributed by atoms with van der Waals surface area (Å²) >= 11 is 0. The standard InChI is InChI=1S/C18H23F2NO3Si/c1-18(2,3)25(4,5)8-6-7-15(17(23)24)21-16(22)12-9-13(19)11-14(20)10-12/h9-11,15H,7H2,1-5H3,(H,21,22)(H,23,24)/t15-/m1/s1. The number of carboxylic acid groups (broad SMARTS) is 1. The van der Waals surface area contributed by atoms with Gasteiger partial charge >= 0.3 is 5.97 Å². The predicted molar refractivity (Wildman–Crippen MR) is 94.8 cm³/mol. The maximum absolute atomic E-state index is 13.2. The lowest BCUT2D eigenvalue weighted by atomic mass is 10.1. The Balaban J connectivity index is 2.89. The summed E-state index contributed by atoms with van der Waals surface area (Å²) in [5, 5.41) is 11.5. The number of nitrogens with one attached hydrogen (secondary N) is 1. The highest BCUT2D eigenvalue weighted by Gasteiger charge is 2.33. The van der Waals surface area contributed by atoms with Gasteiger partial charge in [-0.15, -0.1) is 11.5 Å². The van der Waals surface area contributed by atoms with Gasteiger partial charge in [-0.25, -0.2) is 13.6 Å². The number of hydrogen-bond acceptors (Lipinski definition) is 2. The van der Waals surface area contributed by atoms with Crippen LogP contribution in [-0.2, 0) is 4.79 Å². The molecule has 0 heterocycles. The number of carbonyl (C=O) groups is 2. The van der Waals surface area contributed by atoms with Gasteiger partial charge in [-0.05, 0) is 17.2 Å². The molecule has 0 unspecified atom stereocenters. The molecule has 0 saturated carbocycles. The fourth-order valence-electron chi connectivity index (χ4n) is 1.69. The molecule has 2 N–H and O–H groups in total. The van der Waals surface area contributed by atoms with Crippen LogP contribution in [0.5, 0.6) is 0 Å². The molecular formula is C18H23F2NO3Si. The number of carboxylic acids is 1. The highest BCUT2D eigenvalue weighted by Crippen LogP contribution is 2.35. The lowest BCUT2D eigenvalue weighted by Gasteiger charge is -2.31. The van der Waals surface area contributed by atoms with Crippen molar-refractivity contribution in [2.45, 2.75) is 51.4 Å². The van der Waals surface area contributed by atoms with E-state index in [4.69, 9.17) is 0 Å². The van der Waals surface area contributed by atoms with Gasteiger partial charge in [0.25, 0.3) is 5.91 Å². The zero-order valence-electron chi connectivity index (χ0n) is 15.0. The summed E-state index contributed by atoms with van der Waals surface area (Å²) in [6.07, 6.45) is -0.0780. The quantitative estimate of drug-likeness (QED) is 0.631.